The Morgan fingerprint density at radius 2 is 2.10 bits per heavy atom. The van der Waals surface area contributed by atoms with Gasteiger partial charge in [0, 0.05) is 32.2 Å². The molecule has 1 fully saturated rings. The second-order valence-electron chi connectivity index (χ2n) is 6.05. The van der Waals surface area contributed by atoms with E-state index >= 15 is 0 Å². The summed E-state index contributed by atoms with van der Waals surface area (Å²) < 4.78 is 0. The van der Waals surface area contributed by atoms with E-state index < -0.39 is 0 Å². The maximum Gasteiger partial charge on any atom is 0.219 e. The summed E-state index contributed by atoms with van der Waals surface area (Å²) in [5.74, 6) is 0.904. The number of amides is 1. The highest BCUT2D eigenvalue weighted by molar-refractivity contribution is 5.72. The molecule has 0 aromatic heterocycles. The lowest BCUT2D eigenvalue weighted by atomic mass is 9.99. The van der Waals surface area contributed by atoms with Crippen LogP contribution in [0.2, 0.25) is 0 Å². The van der Waals surface area contributed by atoms with Crippen LogP contribution in [-0.2, 0) is 11.3 Å². The fourth-order valence-electron chi connectivity index (χ4n) is 2.98. The summed E-state index contributed by atoms with van der Waals surface area (Å²) in [6, 6.07) is 8.93. The van der Waals surface area contributed by atoms with Gasteiger partial charge in [-0.25, -0.2) is 0 Å². The van der Waals surface area contributed by atoms with Crippen LogP contribution in [0.1, 0.15) is 45.1 Å². The van der Waals surface area contributed by atoms with Crippen LogP contribution >= 0.6 is 0 Å². The third-order valence-electron chi connectivity index (χ3n) is 4.39. The van der Waals surface area contributed by atoms with Gasteiger partial charge in [0.25, 0.3) is 0 Å². The van der Waals surface area contributed by atoms with Crippen molar-refractivity contribution in [2.45, 2.75) is 52.1 Å². The van der Waals surface area contributed by atoms with Crippen LogP contribution < -0.4 is 5.32 Å². The Bertz CT molecular complexity index is 452. The quantitative estimate of drug-likeness (QED) is 0.888. The zero-order valence-corrected chi connectivity index (χ0v) is 12.9. The monoisotopic (exact) mass is 274 g/mol. The highest BCUT2D eigenvalue weighted by Crippen LogP contribution is 2.29. The smallest absolute Gasteiger partial charge is 0.219 e. The Balaban J connectivity index is 1.96. The molecule has 1 saturated carbocycles. The number of nitrogens with zero attached hydrogens (tertiary/aromatic N) is 1. The van der Waals surface area contributed by atoms with Crippen LogP contribution in [-0.4, -0.2) is 23.9 Å². The number of carbonyl (C=O) groups excluding carboxylic acids is 1. The number of anilines is 1. The van der Waals surface area contributed by atoms with Gasteiger partial charge in [0.05, 0.1) is 0 Å². The molecule has 3 nitrogen and oxygen atoms in total. The van der Waals surface area contributed by atoms with E-state index in [9.17, 15) is 4.79 Å². The number of rotatable bonds is 5. The Morgan fingerprint density at radius 3 is 2.75 bits per heavy atom. The zero-order valence-electron chi connectivity index (χ0n) is 12.9. The molecule has 1 aliphatic carbocycles. The van der Waals surface area contributed by atoms with E-state index in [0.29, 0.717) is 12.6 Å². The molecule has 0 saturated heterocycles. The van der Waals surface area contributed by atoms with E-state index in [1.54, 1.807) is 11.8 Å². The maximum absolute atomic E-state index is 11.3. The lowest BCUT2D eigenvalue weighted by Crippen LogP contribution is -2.24. The summed E-state index contributed by atoms with van der Waals surface area (Å²) in [6.07, 6.45) is 5.45. The highest BCUT2D eigenvalue weighted by atomic mass is 16.2. The highest BCUT2D eigenvalue weighted by Gasteiger charge is 2.21. The summed E-state index contributed by atoms with van der Waals surface area (Å²) in [7, 11) is 1.84. The molecule has 0 bridgehead atoms. The predicted octanol–water partition coefficient (Wildman–Crippen LogP) is 3.66. The molecular formula is C17H26N2O. The van der Waals surface area contributed by atoms with E-state index in [1.165, 1.54) is 36.9 Å². The number of hydrogen-bond acceptors (Lipinski definition) is 2. The molecule has 2 rings (SSSR count). The van der Waals surface area contributed by atoms with Crippen LogP contribution in [0.5, 0.6) is 0 Å². The van der Waals surface area contributed by atoms with Crippen molar-refractivity contribution in [3.05, 3.63) is 29.8 Å². The standard InChI is InChI=1S/C17H26N2O/c1-13(16-8-4-5-9-16)18-17-10-6-7-15(11-17)12-19(3)14(2)20/h6-7,10-11,13,16,18H,4-5,8-9,12H2,1-3H3. The van der Waals surface area contributed by atoms with Crippen molar-refractivity contribution in [3.63, 3.8) is 0 Å². The Labute approximate surface area is 122 Å². The summed E-state index contributed by atoms with van der Waals surface area (Å²) >= 11 is 0. The molecule has 1 amide bonds. The van der Waals surface area contributed by atoms with Gasteiger partial charge in [0.2, 0.25) is 5.91 Å². The van der Waals surface area contributed by atoms with E-state index in [1.807, 2.05) is 7.05 Å². The Morgan fingerprint density at radius 1 is 1.40 bits per heavy atom. The average Bonchev–Trinajstić information content (AvgIpc) is 2.92. The second-order valence-corrected chi connectivity index (χ2v) is 6.05. The molecule has 110 valence electrons. The minimum absolute atomic E-state index is 0.0997. The molecule has 1 aliphatic rings. The lowest BCUT2D eigenvalue weighted by Gasteiger charge is -2.22. The minimum atomic E-state index is 0.0997. The third-order valence-corrected chi connectivity index (χ3v) is 4.39. The van der Waals surface area contributed by atoms with Gasteiger partial charge in [0.1, 0.15) is 0 Å². The van der Waals surface area contributed by atoms with Crippen LogP contribution in [0.4, 0.5) is 5.69 Å². The van der Waals surface area contributed by atoms with Crippen molar-refractivity contribution in [2.24, 2.45) is 5.92 Å². The molecule has 0 spiro atoms. The lowest BCUT2D eigenvalue weighted by molar-refractivity contribution is -0.128. The molecule has 1 N–H and O–H groups in total. The van der Waals surface area contributed by atoms with E-state index in [2.05, 4.69) is 36.5 Å². The second kappa shape index (κ2) is 6.78. The number of carbonyl (C=O) groups is 1. The molecule has 0 heterocycles. The molecule has 3 heteroatoms. The van der Waals surface area contributed by atoms with Crippen molar-refractivity contribution >= 4 is 11.6 Å². The van der Waals surface area contributed by atoms with Crippen molar-refractivity contribution in [1.29, 1.82) is 0 Å². The van der Waals surface area contributed by atoms with E-state index in [4.69, 9.17) is 0 Å². The van der Waals surface area contributed by atoms with E-state index in [0.717, 1.165) is 5.92 Å². The number of hydrogen-bond donors (Lipinski definition) is 1. The first-order valence-corrected chi connectivity index (χ1v) is 7.63. The van der Waals surface area contributed by atoms with Gasteiger partial charge in [-0.2, -0.15) is 0 Å². The topological polar surface area (TPSA) is 32.3 Å². The summed E-state index contributed by atoms with van der Waals surface area (Å²) in [5, 5.41) is 3.62. The van der Waals surface area contributed by atoms with Crippen molar-refractivity contribution in [1.82, 2.24) is 4.90 Å². The Kier molecular flexibility index (Phi) is 5.05. The van der Waals surface area contributed by atoms with Crippen LogP contribution in [0.3, 0.4) is 0 Å². The normalized spacial score (nSPS) is 16.9. The third kappa shape index (κ3) is 3.99. The summed E-state index contributed by atoms with van der Waals surface area (Å²) in [6.45, 7) is 4.55. The van der Waals surface area contributed by atoms with Crippen molar-refractivity contribution in [2.75, 3.05) is 12.4 Å². The molecule has 1 aromatic rings. The van der Waals surface area contributed by atoms with Gasteiger partial charge in [-0.1, -0.05) is 25.0 Å². The Hall–Kier alpha value is -1.51. The fraction of sp³-hybridized carbons (Fsp3) is 0.588. The van der Waals surface area contributed by atoms with Gasteiger partial charge < -0.3 is 10.2 Å². The molecule has 0 radical (unpaired) electrons. The van der Waals surface area contributed by atoms with Crippen LogP contribution in [0, 0.1) is 5.92 Å². The first kappa shape index (κ1) is 14.9. The largest absolute Gasteiger partial charge is 0.382 e. The molecule has 1 atom stereocenters. The van der Waals surface area contributed by atoms with Gasteiger partial charge in [-0.15, -0.1) is 0 Å². The van der Waals surface area contributed by atoms with Crippen LogP contribution in [0.15, 0.2) is 24.3 Å². The van der Waals surface area contributed by atoms with Gasteiger partial charge in [-0.05, 0) is 43.4 Å². The summed E-state index contributed by atoms with van der Waals surface area (Å²) in [5.41, 5.74) is 2.34. The number of benzene rings is 1. The summed E-state index contributed by atoms with van der Waals surface area (Å²) in [4.78, 5) is 13.0. The molecule has 1 aromatic carbocycles. The predicted molar refractivity (Wildman–Crippen MR) is 83.6 cm³/mol. The number of nitrogens with one attached hydrogen (secondary N) is 1. The van der Waals surface area contributed by atoms with Gasteiger partial charge >= 0.3 is 0 Å². The molecular weight excluding hydrogens is 248 g/mol. The minimum Gasteiger partial charge on any atom is -0.382 e. The van der Waals surface area contributed by atoms with Gasteiger partial charge in [-0.3, -0.25) is 4.79 Å². The van der Waals surface area contributed by atoms with Crippen LogP contribution in [0.25, 0.3) is 0 Å². The van der Waals surface area contributed by atoms with Crippen molar-refractivity contribution in [3.8, 4) is 0 Å². The van der Waals surface area contributed by atoms with Crippen molar-refractivity contribution < 1.29 is 4.79 Å². The van der Waals surface area contributed by atoms with E-state index in [-0.39, 0.29) is 5.91 Å². The maximum atomic E-state index is 11.3. The van der Waals surface area contributed by atoms with Gasteiger partial charge in [0.15, 0.2) is 0 Å². The molecule has 20 heavy (non-hydrogen) atoms. The first-order valence-electron chi connectivity index (χ1n) is 7.63. The SMILES string of the molecule is CC(=O)N(C)Cc1cccc(NC(C)C2CCCC2)c1. The molecule has 1 unspecified atom stereocenters. The molecule has 0 aliphatic heterocycles. The zero-order chi connectivity index (χ0) is 14.5. The fourth-order valence-corrected chi connectivity index (χ4v) is 2.98. The average molecular weight is 274 g/mol. The first-order chi connectivity index (χ1) is 9.56.